The van der Waals surface area contributed by atoms with Crippen LogP contribution in [0.4, 0.5) is 4.79 Å². The molecular weight excluding hydrogens is 612 g/mol. The summed E-state index contributed by atoms with van der Waals surface area (Å²) in [5, 5.41) is 22.5. The number of azide groups is 3. The summed E-state index contributed by atoms with van der Waals surface area (Å²) in [5.74, 6) is -0.736. The second kappa shape index (κ2) is 17.1. The van der Waals surface area contributed by atoms with Crippen molar-refractivity contribution in [1.29, 1.82) is 0 Å². The van der Waals surface area contributed by atoms with Crippen molar-refractivity contribution in [3.05, 3.63) is 103 Å². The minimum atomic E-state index is -1.60. The fourth-order valence-electron chi connectivity index (χ4n) is 5.80. The van der Waals surface area contributed by atoms with Crippen molar-refractivity contribution in [3.8, 4) is 0 Å². The lowest BCUT2D eigenvalue weighted by Crippen LogP contribution is -2.59. The van der Waals surface area contributed by atoms with Crippen molar-refractivity contribution in [2.24, 2.45) is 15.3 Å². The Labute approximate surface area is 270 Å². The molecule has 1 amide bonds. The van der Waals surface area contributed by atoms with Crippen molar-refractivity contribution in [2.45, 2.75) is 101 Å². The van der Waals surface area contributed by atoms with Crippen LogP contribution in [0.2, 0.25) is 0 Å². The molecule has 9 atom stereocenters. The van der Waals surface area contributed by atoms with Crippen molar-refractivity contribution in [2.75, 3.05) is 0 Å². The van der Waals surface area contributed by atoms with Gasteiger partial charge in [0, 0.05) is 28.2 Å². The molecule has 2 fully saturated rings. The van der Waals surface area contributed by atoms with Crippen LogP contribution in [0.25, 0.3) is 31.3 Å². The van der Waals surface area contributed by atoms with Gasteiger partial charge in [-0.3, -0.25) is 9.69 Å². The highest BCUT2D eigenvalue weighted by atomic mass is 16.7. The van der Waals surface area contributed by atoms with E-state index >= 15 is 0 Å². The molecule has 1 unspecified atom stereocenters. The van der Waals surface area contributed by atoms with Gasteiger partial charge in [0.15, 0.2) is 6.29 Å². The number of aliphatic hydroxyl groups is 1. The lowest BCUT2D eigenvalue weighted by molar-refractivity contribution is -0.260. The number of esters is 1. The summed E-state index contributed by atoms with van der Waals surface area (Å²) < 4.78 is 23.5. The Kier molecular flexibility index (Phi) is 12.7. The standard InChI is InChI=1S/C30H36N10O7/c1-18(40(16-20-9-5-3-6-10-20)30(43)44-17-21-11-7-4-8-12-21)25-14-13-22(34-37-31)29(46-25)47-28-24(36-39-33)15-23(35-38-32)27(26(28)42)45-19(2)41/h3-12,18,22-29,42H,13-17H2,1-2H3/t18?,22-,23-,24+,25+,26-,27+,28-,29-/m1/s1. The summed E-state index contributed by atoms with van der Waals surface area (Å²) in [4.78, 5) is 35.4. The Morgan fingerprint density at radius 2 is 1.49 bits per heavy atom. The van der Waals surface area contributed by atoms with E-state index in [1.165, 1.54) is 0 Å². The maximum atomic E-state index is 13.5. The van der Waals surface area contributed by atoms with Crippen LogP contribution in [-0.4, -0.2) is 76.9 Å². The van der Waals surface area contributed by atoms with Crippen LogP contribution in [0, 0.1) is 0 Å². The molecule has 2 aromatic carbocycles. The van der Waals surface area contributed by atoms with Gasteiger partial charge in [0.05, 0.1) is 36.4 Å². The lowest BCUT2D eigenvalue weighted by atomic mass is 9.84. The molecule has 0 radical (unpaired) electrons. The van der Waals surface area contributed by atoms with Crippen molar-refractivity contribution < 1.29 is 33.6 Å². The third kappa shape index (κ3) is 9.27. The molecule has 0 bridgehead atoms. The third-order valence-electron chi connectivity index (χ3n) is 8.14. The number of aliphatic hydroxyl groups excluding tert-OH is 1. The van der Waals surface area contributed by atoms with E-state index in [-0.39, 0.29) is 19.6 Å². The van der Waals surface area contributed by atoms with Crippen molar-refractivity contribution in [3.63, 3.8) is 0 Å². The summed E-state index contributed by atoms with van der Waals surface area (Å²) in [6.07, 6.45) is -6.10. The van der Waals surface area contributed by atoms with Gasteiger partial charge in [0.1, 0.15) is 18.8 Å². The highest BCUT2D eigenvalue weighted by molar-refractivity contribution is 5.68. The largest absolute Gasteiger partial charge is 0.459 e. The summed E-state index contributed by atoms with van der Waals surface area (Å²) >= 11 is 0. The quantitative estimate of drug-likeness (QED) is 0.127. The first-order chi connectivity index (χ1) is 22.7. The molecule has 1 saturated heterocycles. The SMILES string of the molecule is CC(=O)O[C@@H]1[C@@H](O)[C@H](O[C@H]2O[C@H](C(C)N(Cc3ccccc3)C(=O)OCc3ccccc3)CC[C@H]2N=[N+]=[N-])[C@@H](N=[N+]=[N-])C[C@H]1N=[N+]=[N-]. The predicted octanol–water partition coefficient (Wildman–Crippen LogP) is 5.84. The monoisotopic (exact) mass is 648 g/mol. The van der Waals surface area contributed by atoms with Gasteiger partial charge in [-0.15, -0.1) is 0 Å². The van der Waals surface area contributed by atoms with E-state index in [1.54, 1.807) is 4.90 Å². The second-order valence-electron chi connectivity index (χ2n) is 11.2. The number of ether oxygens (including phenoxy) is 4. The number of benzene rings is 2. The van der Waals surface area contributed by atoms with Gasteiger partial charge in [0.25, 0.3) is 0 Å². The van der Waals surface area contributed by atoms with Gasteiger partial charge in [-0.25, -0.2) is 4.79 Å². The van der Waals surface area contributed by atoms with E-state index in [4.69, 9.17) is 24.5 Å². The zero-order chi connectivity index (χ0) is 33.8. The van der Waals surface area contributed by atoms with Crippen molar-refractivity contribution in [1.82, 2.24) is 4.90 Å². The predicted molar refractivity (Wildman–Crippen MR) is 166 cm³/mol. The fraction of sp³-hybridized carbons (Fsp3) is 0.533. The number of hydrogen-bond donors (Lipinski definition) is 1. The smallest absolute Gasteiger partial charge is 0.410 e. The van der Waals surface area contributed by atoms with E-state index in [0.717, 1.165) is 18.1 Å². The fourth-order valence-corrected chi connectivity index (χ4v) is 5.80. The first-order valence-electron chi connectivity index (χ1n) is 15.1. The number of carbonyl (C=O) groups excluding carboxylic acids is 2. The van der Waals surface area contributed by atoms with Crippen LogP contribution < -0.4 is 0 Å². The molecule has 1 aliphatic heterocycles. The molecular formula is C30H36N10O7. The summed E-state index contributed by atoms with van der Waals surface area (Å²) in [7, 11) is 0. The van der Waals surface area contributed by atoms with E-state index in [9.17, 15) is 25.8 Å². The first kappa shape index (κ1) is 34.9. The average molecular weight is 649 g/mol. The molecule has 2 aliphatic rings. The molecule has 0 aromatic heterocycles. The molecule has 1 N–H and O–H groups in total. The average Bonchev–Trinajstić information content (AvgIpc) is 3.07. The summed E-state index contributed by atoms with van der Waals surface area (Å²) in [6.45, 7) is 3.22. The zero-order valence-corrected chi connectivity index (χ0v) is 25.9. The topological polar surface area (TPSA) is 241 Å². The molecule has 47 heavy (non-hydrogen) atoms. The first-order valence-corrected chi connectivity index (χ1v) is 15.1. The Balaban J connectivity index is 1.58. The van der Waals surface area contributed by atoms with Crippen LogP contribution in [0.3, 0.4) is 0 Å². The molecule has 1 aliphatic carbocycles. The van der Waals surface area contributed by atoms with E-state index < -0.39 is 66.9 Å². The van der Waals surface area contributed by atoms with Gasteiger partial charge in [-0.2, -0.15) is 0 Å². The molecule has 1 heterocycles. The second-order valence-corrected chi connectivity index (χ2v) is 11.2. The van der Waals surface area contributed by atoms with Gasteiger partial charge in [-0.1, -0.05) is 76.0 Å². The third-order valence-corrected chi connectivity index (χ3v) is 8.14. The highest BCUT2D eigenvalue weighted by Crippen LogP contribution is 2.35. The maximum absolute atomic E-state index is 13.5. The number of nitrogens with zero attached hydrogens (tertiary/aromatic N) is 10. The summed E-state index contributed by atoms with van der Waals surface area (Å²) in [6, 6.07) is 15.1. The maximum Gasteiger partial charge on any atom is 0.410 e. The minimum absolute atomic E-state index is 0.0641. The van der Waals surface area contributed by atoms with Crippen LogP contribution >= 0.6 is 0 Å². The number of hydrogen-bond acceptors (Lipinski definition) is 10. The van der Waals surface area contributed by atoms with E-state index in [2.05, 4.69) is 30.1 Å². The molecule has 1 saturated carbocycles. The van der Waals surface area contributed by atoms with E-state index in [0.29, 0.717) is 12.8 Å². The van der Waals surface area contributed by atoms with Crippen LogP contribution in [0.15, 0.2) is 76.0 Å². The minimum Gasteiger partial charge on any atom is -0.459 e. The number of carbonyl (C=O) groups is 2. The molecule has 248 valence electrons. The lowest BCUT2D eigenvalue weighted by Gasteiger charge is -2.45. The number of rotatable bonds is 12. The van der Waals surface area contributed by atoms with Crippen LogP contribution in [-0.2, 0) is 36.9 Å². The Morgan fingerprint density at radius 1 is 0.915 bits per heavy atom. The van der Waals surface area contributed by atoms with Crippen LogP contribution in [0.5, 0.6) is 0 Å². The van der Waals surface area contributed by atoms with Gasteiger partial charge >= 0.3 is 12.1 Å². The molecule has 2 aromatic rings. The van der Waals surface area contributed by atoms with Crippen LogP contribution in [0.1, 0.15) is 44.2 Å². The molecule has 0 spiro atoms. The van der Waals surface area contributed by atoms with Gasteiger partial charge < -0.3 is 24.1 Å². The van der Waals surface area contributed by atoms with Gasteiger partial charge in [0.2, 0.25) is 0 Å². The number of amides is 1. The Morgan fingerprint density at radius 3 is 2.09 bits per heavy atom. The van der Waals surface area contributed by atoms with Crippen molar-refractivity contribution >= 4 is 12.1 Å². The normalized spacial score (nSPS) is 27.5. The van der Waals surface area contributed by atoms with Gasteiger partial charge in [-0.05, 0) is 53.9 Å². The molecule has 17 nitrogen and oxygen atoms in total. The Hall–Kier alpha value is -5.01. The highest BCUT2D eigenvalue weighted by Gasteiger charge is 2.49. The zero-order valence-electron chi connectivity index (χ0n) is 25.9. The molecule has 17 heteroatoms. The Bertz CT molecular complexity index is 1500. The summed E-state index contributed by atoms with van der Waals surface area (Å²) in [5.41, 5.74) is 29.2. The molecule has 4 rings (SSSR count). The van der Waals surface area contributed by atoms with E-state index in [1.807, 2.05) is 67.6 Å².